The number of ether oxygens (including phenoxy) is 1. The van der Waals surface area contributed by atoms with Crippen molar-refractivity contribution >= 4 is 0 Å². The van der Waals surface area contributed by atoms with Crippen LogP contribution in [0.15, 0.2) is 48.5 Å². The van der Waals surface area contributed by atoms with Gasteiger partial charge in [-0.25, -0.2) is 0 Å². The normalized spacial score (nSPS) is 16.1. The van der Waals surface area contributed by atoms with Crippen LogP contribution in [0.3, 0.4) is 0 Å². The average Bonchev–Trinajstić information content (AvgIpc) is 2.87. The third-order valence-corrected chi connectivity index (χ3v) is 4.27. The molecule has 98 valence electrons. The quantitative estimate of drug-likeness (QED) is 0.912. The van der Waals surface area contributed by atoms with Crippen molar-refractivity contribution in [3.63, 3.8) is 0 Å². The van der Waals surface area contributed by atoms with E-state index in [-0.39, 0.29) is 5.41 Å². The number of methoxy groups -OCH3 is 1. The number of rotatable bonds is 3. The molecule has 0 atom stereocenters. The topological polar surface area (TPSA) is 35.2 Å². The number of fused-ring (bicyclic) bond motifs is 1. The van der Waals surface area contributed by atoms with Crippen molar-refractivity contribution in [1.82, 2.24) is 0 Å². The molecule has 2 nitrogen and oxygen atoms in total. The first-order valence-electron chi connectivity index (χ1n) is 6.69. The zero-order valence-corrected chi connectivity index (χ0v) is 11.2. The van der Waals surface area contributed by atoms with E-state index < -0.39 is 0 Å². The van der Waals surface area contributed by atoms with Gasteiger partial charge in [0.2, 0.25) is 0 Å². The predicted molar refractivity (Wildman–Crippen MR) is 77.6 cm³/mol. The van der Waals surface area contributed by atoms with E-state index in [0.29, 0.717) is 6.54 Å². The summed E-state index contributed by atoms with van der Waals surface area (Å²) < 4.78 is 5.23. The molecule has 2 aromatic rings. The fourth-order valence-corrected chi connectivity index (χ4v) is 3.10. The molecule has 0 aliphatic heterocycles. The van der Waals surface area contributed by atoms with E-state index in [9.17, 15) is 0 Å². The van der Waals surface area contributed by atoms with Crippen molar-refractivity contribution in [2.45, 2.75) is 18.3 Å². The van der Waals surface area contributed by atoms with Crippen LogP contribution in [0.2, 0.25) is 0 Å². The highest BCUT2D eigenvalue weighted by Crippen LogP contribution is 2.39. The predicted octanol–water partition coefficient (Wildman–Crippen LogP) is 2.69. The fraction of sp³-hybridized carbons (Fsp3) is 0.294. The van der Waals surface area contributed by atoms with Crippen molar-refractivity contribution in [3.8, 4) is 5.75 Å². The van der Waals surface area contributed by atoms with E-state index in [0.717, 1.165) is 18.6 Å². The Hall–Kier alpha value is -1.80. The first-order valence-corrected chi connectivity index (χ1v) is 6.69. The van der Waals surface area contributed by atoms with Crippen LogP contribution < -0.4 is 10.5 Å². The average molecular weight is 253 g/mol. The highest BCUT2D eigenvalue weighted by atomic mass is 16.5. The fourth-order valence-electron chi connectivity index (χ4n) is 3.10. The van der Waals surface area contributed by atoms with Crippen molar-refractivity contribution in [3.05, 3.63) is 65.2 Å². The summed E-state index contributed by atoms with van der Waals surface area (Å²) in [6, 6.07) is 17.0. The molecule has 3 rings (SSSR count). The minimum Gasteiger partial charge on any atom is -0.497 e. The zero-order chi connectivity index (χ0) is 13.3. The largest absolute Gasteiger partial charge is 0.497 e. The third kappa shape index (κ3) is 2.02. The second kappa shape index (κ2) is 4.71. The molecule has 0 fully saturated rings. The summed E-state index contributed by atoms with van der Waals surface area (Å²) in [5, 5.41) is 0. The molecule has 0 amide bonds. The molecule has 0 saturated heterocycles. The van der Waals surface area contributed by atoms with Gasteiger partial charge in [0.25, 0.3) is 0 Å². The van der Waals surface area contributed by atoms with Crippen LogP contribution in [-0.2, 0) is 18.3 Å². The molecule has 2 N–H and O–H groups in total. The molecular formula is C17H19NO. The monoisotopic (exact) mass is 253 g/mol. The van der Waals surface area contributed by atoms with Gasteiger partial charge in [-0.2, -0.15) is 0 Å². The van der Waals surface area contributed by atoms with E-state index in [1.165, 1.54) is 16.7 Å². The van der Waals surface area contributed by atoms with Crippen molar-refractivity contribution < 1.29 is 4.74 Å². The minimum atomic E-state index is 0.0515. The van der Waals surface area contributed by atoms with Gasteiger partial charge in [-0.05, 0) is 41.7 Å². The summed E-state index contributed by atoms with van der Waals surface area (Å²) in [4.78, 5) is 0. The van der Waals surface area contributed by atoms with Gasteiger partial charge in [-0.15, -0.1) is 0 Å². The molecule has 0 aromatic heterocycles. The minimum absolute atomic E-state index is 0.0515. The molecular weight excluding hydrogens is 234 g/mol. The Morgan fingerprint density at radius 3 is 2.05 bits per heavy atom. The second-order valence-electron chi connectivity index (χ2n) is 5.34. The smallest absolute Gasteiger partial charge is 0.118 e. The Morgan fingerprint density at radius 2 is 1.58 bits per heavy atom. The lowest BCUT2D eigenvalue weighted by Gasteiger charge is -2.28. The Bertz CT molecular complexity index is 549. The van der Waals surface area contributed by atoms with Crippen molar-refractivity contribution in [1.29, 1.82) is 0 Å². The van der Waals surface area contributed by atoms with Gasteiger partial charge >= 0.3 is 0 Å². The second-order valence-corrected chi connectivity index (χ2v) is 5.34. The maximum absolute atomic E-state index is 6.12. The number of hydrogen-bond donors (Lipinski definition) is 1. The van der Waals surface area contributed by atoms with Gasteiger partial charge < -0.3 is 10.5 Å². The first kappa shape index (κ1) is 12.2. The molecule has 0 radical (unpaired) electrons. The standard InChI is InChI=1S/C17H19NO/c1-19-16-8-6-15(7-9-16)17(12-18)10-13-4-2-3-5-14(13)11-17/h2-9H,10-12,18H2,1H3. The molecule has 1 aliphatic rings. The first-order chi connectivity index (χ1) is 9.27. The highest BCUT2D eigenvalue weighted by molar-refractivity contribution is 5.43. The Labute approximate surface area is 114 Å². The van der Waals surface area contributed by atoms with Gasteiger partial charge in [-0.1, -0.05) is 36.4 Å². The molecule has 1 aliphatic carbocycles. The van der Waals surface area contributed by atoms with Crippen LogP contribution in [0.4, 0.5) is 0 Å². The van der Waals surface area contributed by atoms with Crippen molar-refractivity contribution in [2.75, 3.05) is 13.7 Å². The van der Waals surface area contributed by atoms with Crippen molar-refractivity contribution in [2.24, 2.45) is 5.73 Å². The molecule has 19 heavy (non-hydrogen) atoms. The summed E-state index contributed by atoms with van der Waals surface area (Å²) in [6.07, 6.45) is 2.07. The lowest BCUT2D eigenvalue weighted by atomic mass is 9.78. The summed E-state index contributed by atoms with van der Waals surface area (Å²) in [6.45, 7) is 0.675. The lowest BCUT2D eigenvalue weighted by molar-refractivity contribution is 0.413. The number of benzene rings is 2. The molecule has 0 saturated carbocycles. The molecule has 0 heterocycles. The third-order valence-electron chi connectivity index (χ3n) is 4.27. The van der Waals surface area contributed by atoms with Crippen LogP contribution >= 0.6 is 0 Å². The number of nitrogens with two attached hydrogens (primary N) is 1. The van der Waals surface area contributed by atoms with E-state index in [1.54, 1.807) is 7.11 Å². The maximum atomic E-state index is 6.12. The summed E-state index contributed by atoms with van der Waals surface area (Å²) in [7, 11) is 1.69. The van der Waals surface area contributed by atoms with Crippen LogP contribution in [0, 0.1) is 0 Å². The van der Waals surface area contributed by atoms with Gasteiger partial charge in [-0.3, -0.25) is 0 Å². The number of hydrogen-bond acceptors (Lipinski definition) is 2. The van der Waals surface area contributed by atoms with Crippen LogP contribution in [0.5, 0.6) is 5.75 Å². The van der Waals surface area contributed by atoms with Gasteiger partial charge in [0.15, 0.2) is 0 Å². The van der Waals surface area contributed by atoms with E-state index in [2.05, 4.69) is 36.4 Å². The van der Waals surface area contributed by atoms with Crippen LogP contribution in [0.25, 0.3) is 0 Å². The summed E-state index contributed by atoms with van der Waals surface area (Å²) >= 11 is 0. The molecule has 0 bridgehead atoms. The van der Waals surface area contributed by atoms with E-state index in [1.807, 2.05) is 12.1 Å². The van der Waals surface area contributed by atoms with Gasteiger partial charge in [0, 0.05) is 12.0 Å². The SMILES string of the molecule is COc1ccc(C2(CN)Cc3ccccc3C2)cc1. The van der Waals surface area contributed by atoms with E-state index in [4.69, 9.17) is 10.5 Å². The molecule has 0 unspecified atom stereocenters. The molecule has 2 aromatic carbocycles. The van der Waals surface area contributed by atoms with Crippen LogP contribution in [-0.4, -0.2) is 13.7 Å². The Kier molecular flexibility index (Phi) is 3.03. The molecule has 0 spiro atoms. The maximum Gasteiger partial charge on any atom is 0.118 e. The summed E-state index contributed by atoms with van der Waals surface area (Å²) in [5.41, 5.74) is 10.4. The summed E-state index contributed by atoms with van der Waals surface area (Å²) in [5.74, 6) is 0.895. The van der Waals surface area contributed by atoms with Gasteiger partial charge in [0.05, 0.1) is 7.11 Å². The lowest BCUT2D eigenvalue weighted by Crippen LogP contribution is -2.35. The van der Waals surface area contributed by atoms with Gasteiger partial charge in [0.1, 0.15) is 5.75 Å². The molecule has 2 heteroatoms. The highest BCUT2D eigenvalue weighted by Gasteiger charge is 2.37. The zero-order valence-electron chi connectivity index (χ0n) is 11.2. The Morgan fingerprint density at radius 1 is 1.00 bits per heavy atom. The van der Waals surface area contributed by atoms with Crippen LogP contribution in [0.1, 0.15) is 16.7 Å². The van der Waals surface area contributed by atoms with E-state index >= 15 is 0 Å². The Balaban J connectivity index is 1.97.